The smallest absolute Gasteiger partial charge is 0.387 e. The number of aliphatic hydroxyl groups excluding tert-OH is 1. The largest absolute Gasteiger partial charge is 0.472 e. The summed E-state index contributed by atoms with van der Waals surface area (Å²) >= 11 is 0. The maximum atomic E-state index is 12.9. The number of hydrogen-bond acceptors (Lipinski definition) is 5. The molecule has 0 aliphatic rings. The molecule has 372 valence electrons. The maximum Gasteiger partial charge on any atom is 0.472 e. The summed E-state index contributed by atoms with van der Waals surface area (Å²) in [5.41, 5.74) is 0. The Kier molecular flexibility index (Phi) is 44.9. The first kappa shape index (κ1) is 61.7. The van der Waals surface area contributed by atoms with E-state index >= 15 is 0 Å². The van der Waals surface area contributed by atoms with E-state index in [9.17, 15) is 19.4 Å². The number of nitrogens with zero attached hydrogens (tertiary/aromatic N) is 1. The molecule has 0 bridgehead atoms. The lowest BCUT2D eigenvalue weighted by atomic mass is 10.0. The summed E-state index contributed by atoms with van der Waals surface area (Å²) in [7, 11) is 1.55. The van der Waals surface area contributed by atoms with E-state index in [-0.39, 0.29) is 19.1 Å². The van der Waals surface area contributed by atoms with Crippen molar-refractivity contribution in [2.75, 3.05) is 40.9 Å². The van der Waals surface area contributed by atoms with Crippen molar-refractivity contribution < 1.29 is 32.9 Å². The molecule has 0 fully saturated rings. The predicted molar refractivity (Wildman–Crippen MR) is 272 cm³/mol. The van der Waals surface area contributed by atoms with E-state index in [0.29, 0.717) is 17.4 Å². The van der Waals surface area contributed by atoms with Crippen LogP contribution < -0.4 is 5.32 Å². The van der Waals surface area contributed by atoms with Crippen LogP contribution in [0.4, 0.5) is 0 Å². The zero-order valence-electron chi connectivity index (χ0n) is 42.3. The average Bonchev–Trinajstić information content (AvgIpc) is 3.24. The number of allylic oxidation sites excluding steroid dienone is 5. The number of nitrogens with one attached hydrogen (secondary N) is 1. The molecule has 3 atom stereocenters. The lowest BCUT2D eigenvalue weighted by molar-refractivity contribution is -0.870. The van der Waals surface area contributed by atoms with Crippen LogP contribution in [0.2, 0.25) is 0 Å². The number of rotatable bonds is 49. The van der Waals surface area contributed by atoms with Gasteiger partial charge >= 0.3 is 7.82 Å². The summed E-state index contributed by atoms with van der Waals surface area (Å²) in [5, 5.41) is 13.8. The molecule has 0 saturated carbocycles. The lowest BCUT2D eigenvalue weighted by Crippen LogP contribution is -2.45. The highest BCUT2D eigenvalue weighted by Crippen LogP contribution is 2.43. The van der Waals surface area contributed by atoms with Crippen molar-refractivity contribution in [3.8, 4) is 0 Å². The first-order valence-corrected chi connectivity index (χ1v) is 28.4. The summed E-state index contributed by atoms with van der Waals surface area (Å²) in [6, 6.07) is -0.866. The van der Waals surface area contributed by atoms with Crippen molar-refractivity contribution >= 4 is 13.7 Å². The molecular formula is C54H106N2O6P+. The number of unbranched alkanes of at least 4 members (excludes halogenated alkanes) is 32. The number of likely N-dealkylation sites (N-methyl/N-ethyl adjacent to an activating group) is 1. The lowest BCUT2D eigenvalue weighted by Gasteiger charge is -2.25. The minimum Gasteiger partial charge on any atom is -0.387 e. The molecule has 0 aromatic heterocycles. The van der Waals surface area contributed by atoms with Crippen molar-refractivity contribution in [3.63, 3.8) is 0 Å². The zero-order chi connectivity index (χ0) is 46.4. The van der Waals surface area contributed by atoms with E-state index in [1.54, 1.807) is 6.08 Å². The Morgan fingerprint density at radius 2 is 0.873 bits per heavy atom. The molecule has 0 rings (SSSR count). The van der Waals surface area contributed by atoms with Crippen molar-refractivity contribution in [3.05, 3.63) is 36.5 Å². The highest BCUT2D eigenvalue weighted by molar-refractivity contribution is 7.47. The number of quaternary nitrogens is 1. The second kappa shape index (κ2) is 45.9. The standard InChI is InChI=1S/C54H105N2O6P/c1-6-8-10-12-14-16-18-20-22-23-24-25-26-27-28-29-30-31-32-33-34-36-38-40-42-44-46-48-54(58)55-52(51-62-63(59,60)61-50-49-56(3,4)5)53(57)47-45-43-41-39-37-35-21-19-17-15-13-11-9-7-2/h17,19,37,39,45,47,52-53,57H,6-16,18,20-36,38,40-44,46,48-51H2,1-5H3,(H-,55,58,59,60)/p+1/b19-17+,39-37+,47-45+. The number of carbonyl (C=O) groups is 1. The SMILES string of the molecule is CCCCCC/C=C/CC/C=C/CC/C=C/C(O)C(COP(=O)(O)OCC[N+](C)(C)C)NC(=O)CCCCCCCCCCCCCCCCCCCCCCCCCCCCC. The van der Waals surface area contributed by atoms with Gasteiger partial charge in [0.15, 0.2) is 0 Å². The third-order valence-electron chi connectivity index (χ3n) is 12.1. The fourth-order valence-corrected chi connectivity index (χ4v) is 8.58. The molecule has 3 unspecified atom stereocenters. The van der Waals surface area contributed by atoms with E-state index < -0.39 is 20.0 Å². The second-order valence-corrected chi connectivity index (χ2v) is 21.0. The number of hydrogen-bond donors (Lipinski definition) is 3. The van der Waals surface area contributed by atoms with E-state index in [2.05, 4.69) is 43.5 Å². The van der Waals surface area contributed by atoms with Gasteiger partial charge in [-0.2, -0.15) is 0 Å². The molecule has 8 nitrogen and oxygen atoms in total. The Bertz CT molecular complexity index is 1120. The van der Waals surface area contributed by atoms with Crippen molar-refractivity contribution in [1.29, 1.82) is 0 Å². The normalized spacial score (nSPS) is 14.3. The van der Waals surface area contributed by atoms with Crippen LogP contribution in [0.3, 0.4) is 0 Å². The number of amides is 1. The van der Waals surface area contributed by atoms with Crippen molar-refractivity contribution in [2.24, 2.45) is 0 Å². The molecule has 0 heterocycles. The van der Waals surface area contributed by atoms with E-state index in [1.807, 2.05) is 27.2 Å². The highest BCUT2D eigenvalue weighted by Gasteiger charge is 2.27. The first-order chi connectivity index (χ1) is 30.5. The minimum absolute atomic E-state index is 0.0548. The summed E-state index contributed by atoms with van der Waals surface area (Å²) < 4.78 is 23.6. The van der Waals surface area contributed by atoms with Gasteiger partial charge in [-0.15, -0.1) is 0 Å². The van der Waals surface area contributed by atoms with Gasteiger partial charge in [0.25, 0.3) is 0 Å². The summed E-state index contributed by atoms with van der Waals surface area (Å²) in [5.74, 6) is -0.188. The molecule has 63 heavy (non-hydrogen) atoms. The number of phosphoric acid groups is 1. The van der Waals surface area contributed by atoms with Crippen molar-refractivity contribution in [2.45, 2.75) is 264 Å². The fourth-order valence-electron chi connectivity index (χ4n) is 7.84. The molecule has 0 saturated heterocycles. The van der Waals surface area contributed by atoms with Crippen molar-refractivity contribution in [1.82, 2.24) is 5.32 Å². The Balaban J connectivity index is 4.16. The predicted octanol–water partition coefficient (Wildman–Crippen LogP) is 15.8. The Morgan fingerprint density at radius 3 is 1.27 bits per heavy atom. The van der Waals surface area contributed by atoms with Crippen LogP contribution in [-0.4, -0.2) is 73.4 Å². The van der Waals surface area contributed by atoms with Gasteiger partial charge in [-0.05, 0) is 44.9 Å². The zero-order valence-corrected chi connectivity index (χ0v) is 43.2. The average molecular weight is 910 g/mol. The van der Waals surface area contributed by atoms with E-state index in [0.717, 1.165) is 44.9 Å². The Hall–Kier alpha value is -1.28. The molecule has 0 spiro atoms. The maximum absolute atomic E-state index is 12.9. The summed E-state index contributed by atoms with van der Waals surface area (Å²) in [4.78, 5) is 23.2. The molecule has 0 aliphatic carbocycles. The van der Waals surface area contributed by atoms with Gasteiger partial charge in [0.2, 0.25) is 5.91 Å². The molecule has 1 amide bonds. The van der Waals surface area contributed by atoms with Gasteiger partial charge in [-0.3, -0.25) is 13.8 Å². The van der Waals surface area contributed by atoms with Crippen LogP contribution in [-0.2, 0) is 18.4 Å². The molecule has 0 radical (unpaired) electrons. The molecular weight excluding hydrogens is 804 g/mol. The second-order valence-electron chi connectivity index (χ2n) is 19.6. The Morgan fingerprint density at radius 1 is 0.524 bits per heavy atom. The monoisotopic (exact) mass is 910 g/mol. The summed E-state index contributed by atoms with van der Waals surface area (Å²) in [6.45, 7) is 4.78. The van der Waals surface area contributed by atoms with Gasteiger partial charge in [-0.25, -0.2) is 4.57 Å². The van der Waals surface area contributed by atoms with E-state index in [1.165, 1.54) is 186 Å². The first-order valence-electron chi connectivity index (χ1n) is 26.9. The molecule has 0 aromatic rings. The fraction of sp³-hybridized carbons (Fsp3) is 0.870. The highest BCUT2D eigenvalue weighted by atomic mass is 31.2. The van der Waals surface area contributed by atoms with E-state index in [4.69, 9.17) is 9.05 Å². The number of carbonyl (C=O) groups excluding carboxylic acids is 1. The number of aliphatic hydroxyl groups is 1. The number of phosphoric ester groups is 1. The van der Waals surface area contributed by atoms with Gasteiger partial charge in [0.05, 0.1) is 39.9 Å². The topological polar surface area (TPSA) is 105 Å². The van der Waals surface area contributed by atoms with Crippen LogP contribution in [0, 0.1) is 0 Å². The molecule has 0 aromatic carbocycles. The van der Waals surface area contributed by atoms with Crippen LogP contribution in [0.5, 0.6) is 0 Å². The molecule has 9 heteroatoms. The quantitative estimate of drug-likeness (QED) is 0.0243. The molecule has 3 N–H and O–H groups in total. The Labute approximate surface area is 391 Å². The van der Waals surface area contributed by atoms with Crippen LogP contribution in [0.15, 0.2) is 36.5 Å². The van der Waals surface area contributed by atoms with Gasteiger partial charge < -0.3 is 19.8 Å². The van der Waals surface area contributed by atoms with Gasteiger partial charge in [-0.1, -0.05) is 237 Å². The van der Waals surface area contributed by atoms with Gasteiger partial charge in [0, 0.05) is 6.42 Å². The molecule has 0 aliphatic heterocycles. The van der Waals surface area contributed by atoms with Crippen LogP contribution in [0.25, 0.3) is 0 Å². The minimum atomic E-state index is -4.35. The summed E-state index contributed by atoms with van der Waals surface area (Å²) in [6.07, 6.45) is 58.2. The van der Waals surface area contributed by atoms with Crippen LogP contribution in [0.1, 0.15) is 251 Å². The van der Waals surface area contributed by atoms with Crippen LogP contribution >= 0.6 is 7.82 Å². The third-order valence-corrected chi connectivity index (χ3v) is 13.1. The van der Waals surface area contributed by atoms with Gasteiger partial charge in [0.1, 0.15) is 13.2 Å². The third kappa shape index (κ3) is 48.5.